The topological polar surface area (TPSA) is 77.0 Å². The number of imide groups is 1. The molecule has 1 unspecified atom stereocenters. The first-order valence-corrected chi connectivity index (χ1v) is 10.1. The van der Waals surface area contributed by atoms with Crippen LogP contribution in [0.3, 0.4) is 0 Å². The summed E-state index contributed by atoms with van der Waals surface area (Å²) in [6.07, 6.45) is 0.760. The number of rotatable bonds is 5. The third kappa shape index (κ3) is 4.84. The highest BCUT2D eigenvalue weighted by molar-refractivity contribution is 14.0. The van der Waals surface area contributed by atoms with E-state index in [-0.39, 0.29) is 48.4 Å². The quantitative estimate of drug-likeness (QED) is 0.257. The molecule has 0 saturated carbocycles. The van der Waals surface area contributed by atoms with Crippen LogP contribution in [-0.4, -0.2) is 61.9 Å². The van der Waals surface area contributed by atoms with E-state index in [0.717, 1.165) is 12.5 Å². The Morgan fingerprint density at radius 1 is 1.12 bits per heavy atom. The van der Waals surface area contributed by atoms with Crippen molar-refractivity contribution in [2.24, 2.45) is 4.99 Å². The minimum absolute atomic E-state index is 0. The fraction of sp³-hybridized carbons (Fsp3) is 0.318. The maximum atomic E-state index is 14.0. The van der Waals surface area contributed by atoms with Crippen molar-refractivity contribution in [1.82, 2.24) is 15.5 Å². The van der Waals surface area contributed by atoms with Crippen LogP contribution in [0.1, 0.15) is 27.1 Å². The average molecular weight is 555 g/mol. The molecule has 2 aliphatic rings. The number of halogens is 3. The average Bonchev–Trinajstić information content (AvgIpc) is 3.31. The van der Waals surface area contributed by atoms with E-state index in [1.165, 1.54) is 17.0 Å². The number of hydrogen-bond donors (Lipinski definition) is 2. The van der Waals surface area contributed by atoms with Crippen LogP contribution in [0.15, 0.2) is 47.5 Å². The molecular formula is C22H24F2IN5O2. The summed E-state index contributed by atoms with van der Waals surface area (Å²) in [4.78, 5) is 32.1. The Morgan fingerprint density at radius 3 is 2.44 bits per heavy atom. The number of anilines is 1. The monoisotopic (exact) mass is 555 g/mol. The summed E-state index contributed by atoms with van der Waals surface area (Å²) in [6, 6.07) is 10.4. The van der Waals surface area contributed by atoms with Crippen molar-refractivity contribution in [3.05, 3.63) is 65.2 Å². The highest BCUT2D eigenvalue weighted by atomic mass is 127. The van der Waals surface area contributed by atoms with Gasteiger partial charge in [0.2, 0.25) is 0 Å². The molecule has 1 saturated heterocycles. The molecule has 2 heterocycles. The van der Waals surface area contributed by atoms with Gasteiger partial charge in [-0.15, -0.1) is 24.0 Å². The second-order valence-electron chi connectivity index (χ2n) is 7.48. The second kappa shape index (κ2) is 10.2. The van der Waals surface area contributed by atoms with Gasteiger partial charge in [0.25, 0.3) is 11.8 Å². The van der Waals surface area contributed by atoms with Crippen molar-refractivity contribution in [3.63, 3.8) is 0 Å². The van der Waals surface area contributed by atoms with Crippen LogP contribution < -0.4 is 15.5 Å². The Hall–Kier alpha value is -2.76. The molecule has 1 atom stereocenters. The molecule has 2 aromatic rings. The van der Waals surface area contributed by atoms with Gasteiger partial charge in [0.05, 0.1) is 16.8 Å². The SMILES string of the molecule is CN=C(NCCN1C(=O)c2ccccc2C1=O)NC1CCN(c2ccc(F)cc2F)C1.I. The molecular weight excluding hydrogens is 531 g/mol. The van der Waals surface area contributed by atoms with Crippen LogP contribution >= 0.6 is 24.0 Å². The first kappa shape index (κ1) is 23.9. The van der Waals surface area contributed by atoms with Gasteiger partial charge in [-0.3, -0.25) is 19.5 Å². The minimum Gasteiger partial charge on any atom is -0.367 e. The number of nitrogens with one attached hydrogen (secondary N) is 2. The number of carbonyl (C=O) groups excluding carboxylic acids is 2. The lowest BCUT2D eigenvalue weighted by Crippen LogP contribution is -2.47. The van der Waals surface area contributed by atoms with Gasteiger partial charge in [0.1, 0.15) is 11.6 Å². The summed E-state index contributed by atoms with van der Waals surface area (Å²) in [5.74, 6) is -1.24. The summed E-state index contributed by atoms with van der Waals surface area (Å²) < 4.78 is 27.2. The largest absolute Gasteiger partial charge is 0.367 e. The Morgan fingerprint density at radius 2 is 1.81 bits per heavy atom. The second-order valence-corrected chi connectivity index (χ2v) is 7.48. The van der Waals surface area contributed by atoms with Gasteiger partial charge in [-0.05, 0) is 30.7 Å². The maximum Gasteiger partial charge on any atom is 0.261 e. The molecule has 10 heteroatoms. The number of fused-ring (bicyclic) bond motifs is 1. The summed E-state index contributed by atoms with van der Waals surface area (Å²) in [5, 5.41) is 6.39. The Kier molecular flexibility index (Phi) is 7.64. The lowest BCUT2D eigenvalue weighted by Gasteiger charge is -2.21. The standard InChI is InChI=1S/C22H23F2N5O2.HI/c1-25-22(26-9-11-29-20(30)16-4-2-3-5-17(16)21(29)31)27-15-8-10-28(13-15)19-7-6-14(23)12-18(19)24;/h2-7,12,15H,8-11,13H2,1H3,(H2,25,26,27);1H. The fourth-order valence-corrected chi connectivity index (χ4v) is 3.95. The molecule has 4 rings (SSSR count). The molecule has 2 amide bonds. The molecule has 0 radical (unpaired) electrons. The molecule has 2 aromatic carbocycles. The Labute approximate surface area is 201 Å². The van der Waals surface area contributed by atoms with Crippen LogP contribution in [0.25, 0.3) is 0 Å². The van der Waals surface area contributed by atoms with E-state index < -0.39 is 11.6 Å². The van der Waals surface area contributed by atoms with Crippen molar-refractivity contribution in [2.75, 3.05) is 38.1 Å². The van der Waals surface area contributed by atoms with Gasteiger partial charge in [0, 0.05) is 45.3 Å². The summed E-state index contributed by atoms with van der Waals surface area (Å²) in [5.41, 5.74) is 1.22. The molecule has 0 spiro atoms. The lowest BCUT2D eigenvalue weighted by molar-refractivity contribution is 0.0657. The van der Waals surface area contributed by atoms with Gasteiger partial charge >= 0.3 is 0 Å². The predicted octanol–water partition coefficient (Wildman–Crippen LogP) is 2.62. The van der Waals surface area contributed by atoms with Gasteiger partial charge in [-0.2, -0.15) is 0 Å². The van der Waals surface area contributed by atoms with E-state index in [2.05, 4.69) is 15.6 Å². The van der Waals surface area contributed by atoms with Crippen LogP contribution in [0, 0.1) is 11.6 Å². The van der Waals surface area contributed by atoms with Gasteiger partial charge < -0.3 is 15.5 Å². The highest BCUT2D eigenvalue weighted by Crippen LogP contribution is 2.24. The summed E-state index contributed by atoms with van der Waals surface area (Å²) in [6.45, 7) is 1.73. The maximum absolute atomic E-state index is 14.0. The molecule has 2 aliphatic heterocycles. The van der Waals surface area contributed by atoms with Crippen molar-refractivity contribution >= 4 is 47.4 Å². The number of guanidine groups is 1. The third-order valence-electron chi connectivity index (χ3n) is 5.51. The van der Waals surface area contributed by atoms with Crippen molar-refractivity contribution < 1.29 is 18.4 Å². The Bertz CT molecular complexity index is 1010. The van der Waals surface area contributed by atoms with Crippen LogP contribution in [-0.2, 0) is 0 Å². The number of benzene rings is 2. The van der Waals surface area contributed by atoms with Crippen LogP contribution in [0.2, 0.25) is 0 Å². The van der Waals surface area contributed by atoms with E-state index in [1.807, 2.05) is 4.90 Å². The van der Waals surface area contributed by atoms with Gasteiger partial charge in [-0.1, -0.05) is 12.1 Å². The number of hydrogen-bond acceptors (Lipinski definition) is 4. The number of carbonyl (C=O) groups is 2. The normalized spacial score (nSPS) is 18.0. The zero-order chi connectivity index (χ0) is 22.0. The van der Waals surface area contributed by atoms with E-state index in [1.54, 1.807) is 31.3 Å². The minimum atomic E-state index is -0.599. The van der Waals surface area contributed by atoms with Crippen molar-refractivity contribution in [2.45, 2.75) is 12.5 Å². The lowest BCUT2D eigenvalue weighted by atomic mass is 10.1. The van der Waals surface area contributed by atoms with E-state index in [9.17, 15) is 18.4 Å². The van der Waals surface area contributed by atoms with E-state index in [0.29, 0.717) is 42.4 Å². The first-order chi connectivity index (χ1) is 15.0. The van der Waals surface area contributed by atoms with Gasteiger partial charge in [0.15, 0.2) is 5.96 Å². The molecule has 7 nitrogen and oxygen atoms in total. The van der Waals surface area contributed by atoms with E-state index >= 15 is 0 Å². The molecule has 32 heavy (non-hydrogen) atoms. The molecule has 0 bridgehead atoms. The zero-order valence-corrected chi connectivity index (χ0v) is 19.8. The zero-order valence-electron chi connectivity index (χ0n) is 17.5. The highest BCUT2D eigenvalue weighted by Gasteiger charge is 2.34. The molecule has 0 aromatic heterocycles. The third-order valence-corrected chi connectivity index (χ3v) is 5.51. The fourth-order valence-electron chi connectivity index (χ4n) is 3.95. The Balaban J connectivity index is 0.00000289. The van der Waals surface area contributed by atoms with Crippen molar-refractivity contribution in [3.8, 4) is 0 Å². The van der Waals surface area contributed by atoms with Crippen molar-refractivity contribution in [1.29, 1.82) is 0 Å². The summed E-state index contributed by atoms with van der Waals surface area (Å²) in [7, 11) is 1.63. The predicted molar refractivity (Wildman–Crippen MR) is 129 cm³/mol. The number of amides is 2. The number of nitrogens with zero attached hydrogens (tertiary/aromatic N) is 3. The smallest absolute Gasteiger partial charge is 0.261 e. The van der Waals surface area contributed by atoms with Gasteiger partial charge in [-0.25, -0.2) is 8.78 Å². The first-order valence-electron chi connectivity index (χ1n) is 10.1. The van der Waals surface area contributed by atoms with Crippen LogP contribution in [0.5, 0.6) is 0 Å². The number of aliphatic imine (C=N–C) groups is 1. The molecule has 1 fully saturated rings. The molecule has 170 valence electrons. The molecule has 0 aliphatic carbocycles. The van der Waals surface area contributed by atoms with E-state index in [4.69, 9.17) is 0 Å². The summed E-state index contributed by atoms with van der Waals surface area (Å²) >= 11 is 0. The molecule has 2 N–H and O–H groups in total. The van der Waals surface area contributed by atoms with Crippen LogP contribution in [0.4, 0.5) is 14.5 Å².